The number of hydrogen-bond acceptors (Lipinski definition) is 4. The second kappa shape index (κ2) is 5.49. The molecule has 0 saturated carbocycles. The van der Waals surface area contributed by atoms with Gasteiger partial charge in [-0.1, -0.05) is 36.4 Å². The Labute approximate surface area is 117 Å². The molecule has 1 unspecified atom stereocenters. The molecule has 1 atom stereocenters. The van der Waals surface area contributed by atoms with Gasteiger partial charge in [0.15, 0.2) is 0 Å². The van der Waals surface area contributed by atoms with Crippen LogP contribution in [0.3, 0.4) is 0 Å². The Morgan fingerprint density at radius 2 is 1.80 bits per heavy atom. The lowest BCUT2D eigenvalue weighted by Crippen LogP contribution is -2.43. The minimum atomic E-state index is -3.75. The van der Waals surface area contributed by atoms with Gasteiger partial charge in [-0.3, -0.25) is 0 Å². The summed E-state index contributed by atoms with van der Waals surface area (Å²) in [5.74, 6) is 0. The molecular formula is C14H17NO4S. The van der Waals surface area contributed by atoms with Crippen molar-refractivity contribution >= 4 is 20.8 Å². The Morgan fingerprint density at radius 1 is 1.15 bits per heavy atom. The zero-order chi connectivity index (χ0) is 14.8. The maximum Gasteiger partial charge on any atom is 0.241 e. The van der Waals surface area contributed by atoms with Crippen LogP contribution in [0, 0.1) is 0 Å². The van der Waals surface area contributed by atoms with E-state index in [0.717, 1.165) is 5.39 Å². The van der Waals surface area contributed by atoms with Gasteiger partial charge in [0.05, 0.1) is 17.1 Å². The zero-order valence-corrected chi connectivity index (χ0v) is 11.9. The molecule has 0 amide bonds. The van der Waals surface area contributed by atoms with Crippen molar-refractivity contribution < 1.29 is 18.6 Å². The fourth-order valence-electron chi connectivity index (χ4n) is 1.81. The Bertz CT molecular complexity index is 705. The highest BCUT2D eigenvalue weighted by Crippen LogP contribution is 2.22. The molecule has 0 aromatic heterocycles. The summed E-state index contributed by atoms with van der Waals surface area (Å²) in [7, 11) is -3.75. The topological polar surface area (TPSA) is 86.6 Å². The van der Waals surface area contributed by atoms with Gasteiger partial charge in [0.25, 0.3) is 0 Å². The number of rotatable bonds is 5. The molecule has 0 spiro atoms. The molecule has 6 heteroatoms. The summed E-state index contributed by atoms with van der Waals surface area (Å²) in [5, 5.41) is 20.1. The lowest BCUT2D eigenvalue weighted by molar-refractivity contribution is 0.00681. The second-order valence-electron chi connectivity index (χ2n) is 4.96. The Balaban J connectivity index is 2.38. The van der Waals surface area contributed by atoms with E-state index in [9.17, 15) is 13.5 Å². The molecule has 0 fully saturated rings. The van der Waals surface area contributed by atoms with Gasteiger partial charge in [-0.15, -0.1) is 0 Å². The first kappa shape index (κ1) is 14.9. The first-order valence-corrected chi connectivity index (χ1v) is 7.65. The summed E-state index contributed by atoms with van der Waals surface area (Å²) in [4.78, 5) is 0.157. The summed E-state index contributed by atoms with van der Waals surface area (Å²) >= 11 is 0. The van der Waals surface area contributed by atoms with Gasteiger partial charge in [-0.05, 0) is 18.4 Å². The van der Waals surface area contributed by atoms with Crippen LogP contribution >= 0.6 is 0 Å². The van der Waals surface area contributed by atoms with Crippen LogP contribution in [0.5, 0.6) is 0 Å². The maximum atomic E-state index is 12.3. The second-order valence-corrected chi connectivity index (χ2v) is 6.69. The average molecular weight is 295 g/mol. The number of sulfonamides is 1. The van der Waals surface area contributed by atoms with Crippen LogP contribution < -0.4 is 4.72 Å². The van der Waals surface area contributed by atoms with Gasteiger partial charge in [0.2, 0.25) is 10.0 Å². The largest absolute Gasteiger partial charge is 0.393 e. The van der Waals surface area contributed by atoms with Crippen LogP contribution in [0.1, 0.15) is 6.92 Å². The monoisotopic (exact) mass is 295 g/mol. The van der Waals surface area contributed by atoms with Crippen LogP contribution in [0.15, 0.2) is 47.4 Å². The molecule has 20 heavy (non-hydrogen) atoms. The molecule has 0 aliphatic carbocycles. The molecule has 3 N–H and O–H groups in total. The van der Waals surface area contributed by atoms with E-state index < -0.39 is 22.2 Å². The van der Waals surface area contributed by atoms with Crippen molar-refractivity contribution in [1.82, 2.24) is 4.72 Å². The van der Waals surface area contributed by atoms with E-state index in [1.54, 1.807) is 18.2 Å². The predicted molar refractivity (Wildman–Crippen MR) is 76.8 cm³/mol. The summed E-state index contributed by atoms with van der Waals surface area (Å²) in [5.41, 5.74) is -1.49. The lowest BCUT2D eigenvalue weighted by atomic mass is 10.1. The summed E-state index contributed by atoms with van der Waals surface area (Å²) in [6.07, 6.45) is 0. The minimum Gasteiger partial charge on any atom is -0.393 e. The maximum absolute atomic E-state index is 12.3. The summed E-state index contributed by atoms with van der Waals surface area (Å²) < 4.78 is 26.9. The van der Waals surface area contributed by atoms with Gasteiger partial charge >= 0.3 is 0 Å². The van der Waals surface area contributed by atoms with Crippen molar-refractivity contribution in [3.8, 4) is 0 Å². The number of nitrogens with one attached hydrogen (secondary N) is 1. The van der Waals surface area contributed by atoms with Crippen LogP contribution in [0.4, 0.5) is 0 Å². The van der Waals surface area contributed by atoms with E-state index >= 15 is 0 Å². The third-order valence-corrected chi connectivity index (χ3v) is 4.48. The standard InChI is InChI=1S/C14H17NO4S/c1-14(17,10-16)9-15-20(18,19)13-8-4-6-11-5-2-3-7-12(11)13/h2-8,15-17H,9-10H2,1H3. The average Bonchev–Trinajstić information content (AvgIpc) is 2.45. The quantitative estimate of drug-likeness (QED) is 0.763. The highest BCUT2D eigenvalue weighted by molar-refractivity contribution is 7.89. The molecule has 0 aliphatic rings. The molecule has 2 aromatic rings. The molecule has 108 valence electrons. The van der Waals surface area contributed by atoms with Gasteiger partial charge in [-0.25, -0.2) is 13.1 Å². The number of aliphatic hydroxyl groups is 2. The number of aliphatic hydroxyl groups excluding tert-OH is 1. The Morgan fingerprint density at radius 3 is 2.50 bits per heavy atom. The molecule has 0 saturated heterocycles. The van der Waals surface area contributed by atoms with Gasteiger partial charge in [0, 0.05) is 11.9 Å². The van der Waals surface area contributed by atoms with Gasteiger partial charge in [-0.2, -0.15) is 0 Å². The molecular weight excluding hydrogens is 278 g/mol. The first-order valence-electron chi connectivity index (χ1n) is 6.16. The number of hydrogen-bond donors (Lipinski definition) is 3. The van der Waals surface area contributed by atoms with Crippen molar-refractivity contribution in [3.05, 3.63) is 42.5 Å². The first-order chi connectivity index (χ1) is 9.36. The lowest BCUT2D eigenvalue weighted by Gasteiger charge is -2.20. The van der Waals surface area contributed by atoms with Crippen molar-refractivity contribution in [3.63, 3.8) is 0 Å². The highest BCUT2D eigenvalue weighted by Gasteiger charge is 2.24. The number of benzene rings is 2. The highest BCUT2D eigenvalue weighted by atomic mass is 32.2. The van der Waals surface area contributed by atoms with Crippen LogP contribution in [-0.2, 0) is 10.0 Å². The predicted octanol–water partition coefficient (Wildman–Crippen LogP) is 0.861. The molecule has 0 aliphatic heterocycles. The fourth-order valence-corrected chi connectivity index (χ4v) is 3.20. The van der Waals surface area contributed by atoms with E-state index in [4.69, 9.17) is 5.11 Å². The molecule has 0 radical (unpaired) electrons. The van der Waals surface area contributed by atoms with Crippen molar-refractivity contribution in [1.29, 1.82) is 0 Å². The van der Waals surface area contributed by atoms with Crippen LogP contribution in [0.2, 0.25) is 0 Å². The SMILES string of the molecule is CC(O)(CO)CNS(=O)(=O)c1cccc2ccccc12. The molecule has 2 aromatic carbocycles. The van der Waals surface area contributed by atoms with Crippen molar-refractivity contribution in [2.24, 2.45) is 0 Å². The van der Waals surface area contributed by atoms with E-state index in [0.29, 0.717) is 5.39 Å². The summed E-state index contributed by atoms with van der Waals surface area (Å²) in [6.45, 7) is 0.582. The Kier molecular flexibility index (Phi) is 4.10. The van der Waals surface area contributed by atoms with Gasteiger partial charge < -0.3 is 10.2 Å². The smallest absolute Gasteiger partial charge is 0.241 e. The van der Waals surface area contributed by atoms with Gasteiger partial charge in [0.1, 0.15) is 0 Å². The van der Waals surface area contributed by atoms with Crippen LogP contribution in [0.25, 0.3) is 10.8 Å². The van der Waals surface area contributed by atoms with Crippen LogP contribution in [-0.4, -0.2) is 37.4 Å². The van der Waals surface area contributed by atoms with E-state index in [1.165, 1.54) is 13.0 Å². The summed E-state index contributed by atoms with van der Waals surface area (Å²) in [6, 6.07) is 12.2. The van der Waals surface area contributed by atoms with E-state index in [1.807, 2.05) is 18.2 Å². The molecule has 0 heterocycles. The molecule has 5 nitrogen and oxygen atoms in total. The van der Waals surface area contributed by atoms with E-state index in [2.05, 4.69) is 4.72 Å². The van der Waals surface area contributed by atoms with E-state index in [-0.39, 0.29) is 11.4 Å². The number of fused-ring (bicyclic) bond motifs is 1. The molecule has 2 rings (SSSR count). The zero-order valence-electron chi connectivity index (χ0n) is 11.1. The third-order valence-electron chi connectivity index (χ3n) is 3.02. The Hall–Kier alpha value is -1.47. The van der Waals surface area contributed by atoms with Crippen molar-refractivity contribution in [2.75, 3.05) is 13.2 Å². The third kappa shape index (κ3) is 3.16. The normalized spacial score (nSPS) is 15.2. The fraction of sp³-hybridized carbons (Fsp3) is 0.286. The minimum absolute atomic E-state index is 0.157. The molecule has 0 bridgehead atoms. The van der Waals surface area contributed by atoms with Crippen molar-refractivity contribution in [2.45, 2.75) is 17.4 Å².